The molecule has 3 N–H and O–H groups in total. The van der Waals surface area contributed by atoms with Crippen molar-refractivity contribution in [2.75, 3.05) is 20.2 Å². The molecule has 0 bridgehead atoms. The zero-order valence-corrected chi connectivity index (χ0v) is 16.9. The van der Waals surface area contributed by atoms with E-state index in [1.54, 1.807) is 18.2 Å². The van der Waals surface area contributed by atoms with Crippen LogP contribution in [0.15, 0.2) is 53.5 Å². The highest BCUT2D eigenvalue weighted by Crippen LogP contribution is 2.29. The molecule has 1 amide bonds. The number of aliphatic imine (C=N–C) groups is 1. The Labute approximate surface area is 173 Å². The number of nitrogens with one attached hydrogen (secondary N) is 1. The highest BCUT2D eigenvalue weighted by molar-refractivity contribution is 5.79. The molecule has 0 aliphatic rings. The fourth-order valence-corrected chi connectivity index (χ4v) is 2.67. The highest BCUT2D eigenvalue weighted by Gasteiger charge is 2.29. The Morgan fingerprint density at radius 3 is 2.47 bits per heavy atom. The third kappa shape index (κ3) is 7.31. The second-order valence-corrected chi connectivity index (χ2v) is 6.62. The van der Waals surface area contributed by atoms with Crippen LogP contribution in [0.1, 0.15) is 23.6 Å². The Kier molecular flexibility index (Phi) is 8.08. The third-order valence-corrected chi connectivity index (χ3v) is 4.09. The predicted octanol–water partition coefficient (Wildman–Crippen LogP) is 3.17. The van der Waals surface area contributed by atoms with E-state index in [-0.39, 0.29) is 6.61 Å². The van der Waals surface area contributed by atoms with Crippen LogP contribution in [0.4, 0.5) is 13.2 Å². The van der Waals surface area contributed by atoms with Gasteiger partial charge >= 0.3 is 6.18 Å². The highest BCUT2D eigenvalue weighted by atomic mass is 19.4. The lowest BCUT2D eigenvalue weighted by molar-refractivity contribution is -0.137. The number of halogens is 3. The van der Waals surface area contributed by atoms with Gasteiger partial charge in [0.25, 0.3) is 5.91 Å². The average Bonchev–Trinajstić information content (AvgIpc) is 2.69. The standard InChI is InChI=1S/C21H25F3N4O2/c1-3-26-20(27-12-16-5-4-6-18(11-16)30-14-19(25)29)28(2)13-15-7-9-17(10-8-15)21(22,23)24/h4-11H,3,12-14H2,1-2H3,(H2,25,29)(H,26,27). The van der Waals surface area contributed by atoms with Gasteiger partial charge in [-0.1, -0.05) is 24.3 Å². The zero-order valence-electron chi connectivity index (χ0n) is 16.9. The lowest BCUT2D eigenvalue weighted by atomic mass is 10.1. The number of nitrogens with zero attached hydrogens (tertiary/aromatic N) is 2. The van der Waals surface area contributed by atoms with Gasteiger partial charge in [0.2, 0.25) is 0 Å². The summed E-state index contributed by atoms with van der Waals surface area (Å²) in [5.41, 5.74) is 6.01. The van der Waals surface area contributed by atoms with Crippen LogP contribution in [0, 0.1) is 0 Å². The molecule has 6 nitrogen and oxygen atoms in total. The fourth-order valence-electron chi connectivity index (χ4n) is 2.67. The number of hydrogen-bond acceptors (Lipinski definition) is 3. The van der Waals surface area contributed by atoms with Gasteiger partial charge < -0.3 is 20.7 Å². The minimum atomic E-state index is -4.35. The van der Waals surface area contributed by atoms with E-state index in [1.165, 1.54) is 12.1 Å². The first-order valence-electron chi connectivity index (χ1n) is 9.34. The van der Waals surface area contributed by atoms with Gasteiger partial charge in [-0.05, 0) is 42.3 Å². The Balaban J connectivity index is 2.06. The summed E-state index contributed by atoms with van der Waals surface area (Å²) in [5, 5.41) is 3.17. The summed E-state index contributed by atoms with van der Waals surface area (Å²) in [6.07, 6.45) is -4.35. The molecule has 0 aliphatic carbocycles. The van der Waals surface area contributed by atoms with Crippen molar-refractivity contribution in [2.24, 2.45) is 10.7 Å². The number of carbonyl (C=O) groups is 1. The molecule has 0 aromatic heterocycles. The molecular formula is C21H25F3N4O2. The van der Waals surface area contributed by atoms with Crippen molar-refractivity contribution < 1.29 is 22.7 Å². The Bertz CT molecular complexity index is 867. The molecule has 0 heterocycles. The molecule has 0 fully saturated rings. The maximum absolute atomic E-state index is 12.7. The van der Waals surface area contributed by atoms with Crippen LogP contribution in [0.25, 0.3) is 0 Å². The molecule has 2 rings (SSSR count). The number of alkyl halides is 3. The number of hydrogen-bond donors (Lipinski definition) is 2. The Morgan fingerprint density at radius 2 is 1.87 bits per heavy atom. The van der Waals surface area contributed by atoms with Crippen molar-refractivity contribution in [2.45, 2.75) is 26.2 Å². The van der Waals surface area contributed by atoms with Crippen LogP contribution in [0.3, 0.4) is 0 Å². The normalized spacial score (nSPS) is 11.8. The number of rotatable bonds is 8. The number of guanidine groups is 1. The number of primary amides is 1. The number of amides is 1. The summed E-state index contributed by atoms with van der Waals surface area (Å²) < 4.78 is 43.4. The predicted molar refractivity (Wildman–Crippen MR) is 109 cm³/mol. The van der Waals surface area contributed by atoms with Gasteiger partial charge in [0.1, 0.15) is 5.75 Å². The topological polar surface area (TPSA) is 80.0 Å². The molecule has 0 aliphatic heterocycles. The molecule has 0 saturated heterocycles. The summed E-state index contributed by atoms with van der Waals surface area (Å²) in [4.78, 5) is 17.3. The maximum atomic E-state index is 12.7. The van der Waals surface area contributed by atoms with E-state index in [9.17, 15) is 18.0 Å². The molecule has 30 heavy (non-hydrogen) atoms. The molecular weight excluding hydrogens is 397 g/mol. The lowest BCUT2D eigenvalue weighted by Crippen LogP contribution is -2.38. The van der Waals surface area contributed by atoms with Gasteiger partial charge in [0.15, 0.2) is 12.6 Å². The number of nitrogens with two attached hydrogens (primary N) is 1. The largest absolute Gasteiger partial charge is 0.484 e. The Morgan fingerprint density at radius 1 is 1.17 bits per heavy atom. The minimum absolute atomic E-state index is 0.203. The minimum Gasteiger partial charge on any atom is -0.484 e. The molecule has 2 aromatic rings. The SMILES string of the molecule is CCNC(=NCc1cccc(OCC(N)=O)c1)N(C)Cc1ccc(C(F)(F)F)cc1. The summed E-state index contributed by atoms with van der Waals surface area (Å²) in [6, 6.07) is 12.2. The third-order valence-electron chi connectivity index (χ3n) is 4.09. The smallest absolute Gasteiger partial charge is 0.416 e. The van der Waals surface area contributed by atoms with Gasteiger partial charge in [0.05, 0.1) is 12.1 Å². The maximum Gasteiger partial charge on any atom is 0.416 e. The molecule has 9 heteroatoms. The molecule has 0 unspecified atom stereocenters. The second-order valence-electron chi connectivity index (χ2n) is 6.62. The summed E-state index contributed by atoms with van der Waals surface area (Å²) >= 11 is 0. The molecule has 0 spiro atoms. The zero-order chi connectivity index (χ0) is 22.1. The second kappa shape index (κ2) is 10.5. The van der Waals surface area contributed by atoms with Crippen LogP contribution in [-0.4, -0.2) is 37.0 Å². The van der Waals surface area contributed by atoms with E-state index < -0.39 is 17.6 Å². The molecule has 0 atom stereocenters. The van der Waals surface area contributed by atoms with Gasteiger partial charge in [-0.15, -0.1) is 0 Å². The average molecular weight is 422 g/mol. The number of benzene rings is 2. The molecule has 0 radical (unpaired) electrons. The van der Waals surface area contributed by atoms with Crippen molar-refractivity contribution in [3.8, 4) is 5.75 Å². The first kappa shape index (κ1) is 23.1. The fraction of sp³-hybridized carbons (Fsp3) is 0.333. The summed E-state index contributed by atoms with van der Waals surface area (Å²) in [5.74, 6) is 0.572. The van der Waals surface area contributed by atoms with E-state index in [4.69, 9.17) is 10.5 Å². The van der Waals surface area contributed by atoms with Gasteiger partial charge in [0, 0.05) is 20.1 Å². The van der Waals surface area contributed by atoms with Crippen LogP contribution in [0.2, 0.25) is 0 Å². The van der Waals surface area contributed by atoms with Crippen molar-refractivity contribution >= 4 is 11.9 Å². The lowest BCUT2D eigenvalue weighted by Gasteiger charge is -2.22. The summed E-state index contributed by atoms with van der Waals surface area (Å²) in [7, 11) is 1.81. The van der Waals surface area contributed by atoms with Crippen LogP contribution >= 0.6 is 0 Å². The van der Waals surface area contributed by atoms with Crippen LogP contribution in [0.5, 0.6) is 5.75 Å². The van der Waals surface area contributed by atoms with E-state index in [1.807, 2.05) is 24.9 Å². The van der Waals surface area contributed by atoms with E-state index in [0.717, 1.165) is 23.3 Å². The quantitative estimate of drug-likeness (QED) is 0.506. The van der Waals surface area contributed by atoms with Crippen molar-refractivity contribution in [3.05, 3.63) is 65.2 Å². The molecule has 162 valence electrons. The number of ether oxygens (including phenoxy) is 1. The van der Waals surface area contributed by atoms with E-state index in [0.29, 0.717) is 31.3 Å². The Hall–Kier alpha value is -3.23. The van der Waals surface area contributed by atoms with Gasteiger partial charge in [-0.3, -0.25) is 4.79 Å². The first-order valence-corrected chi connectivity index (χ1v) is 9.34. The van der Waals surface area contributed by atoms with Crippen molar-refractivity contribution in [3.63, 3.8) is 0 Å². The first-order chi connectivity index (χ1) is 14.2. The van der Waals surface area contributed by atoms with E-state index >= 15 is 0 Å². The molecule has 0 saturated carbocycles. The van der Waals surface area contributed by atoms with Crippen molar-refractivity contribution in [1.82, 2.24) is 10.2 Å². The van der Waals surface area contributed by atoms with Crippen LogP contribution in [-0.2, 0) is 24.1 Å². The summed E-state index contributed by atoms with van der Waals surface area (Å²) in [6.45, 7) is 3.11. The van der Waals surface area contributed by atoms with E-state index in [2.05, 4.69) is 10.3 Å². The van der Waals surface area contributed by atoms with Gasteiger partial charge in [-0.2, -0.15) is 13.2 Å². The van der Waals surface area contributed by atoms with Crippen molar-refractivity contribution in [1.29, 1.82) is 0 Å². The molecule has 2 aromatic carbocycles. The van der Waals surface area contributed by atoms with Gasteiger partial charge in [-0.25, -0.2) is 4.99 Å². The van der Waals surface area contributed by atoms with Crippen LogP contribution < -0.4 is 15.8 Å². The monoisotopic (exact) mass is 422 g/mol. The number of carbonyl (C=O) groups excluding carboxylic acids is 1.